The lowest BCUT2D eigenvalue weighted by molar-refractivity contribution is -0.131. The lowest BCUT2D eigenvalue weighted by Gasteiger charge is -2.20. The number of nitrogens with one attached hydrogen (secondary N) is 1. The van der Waals surface area contributed by atoms with Crippen LogP contribution in [0.2, 0.25) is 0 Å². The van der Waals surface area contributed by atoms with Crippen LogP contribution in [0.4, 0.5) is 0 Å². The summed E-state index contributed by atoms with van der Waals surface area (Å²) in [6.45, 7) is 5.13. The number of nitrogens with zero attached hydrogens (tertiary/aromatic N) is 3. The standard InChI is InChI=1S/C12H18N4O2/c1-10-7-14-12(18)16(8-10)9-11(17)15-5-2-3-13-4-6-15/h7-8,13H,2-6,9H2,1H3. The van der Waals surface area contributed by atoms with Crippen LogP contribution in [0.1, 0.15) is 12.0 Å². The van der Waals surface area contributed by atoms with Gasteiger partial charge in [-0.1, -0.05) is 0 Å². The Balaban J connectivity index is 2.05. The predicted molar refractivity (Wildman–Crippen MR) is 67.3 cm³/mol. The van der Waals surface area contributed by atoms with Crippen molar-refractivity contribution in [2.24, 2.45) is 0 Å². The molecule has 0 saturated carbocycles. The Labute approximate surface area is 106 Å². The largest absolute Gasteiger partial charge is 0.347 e. The van der Waals surface area contributed by atoms with Crippen molar-refractivity contribution in [3.8, 4) is 0 Å². The second kappa shape index (κ2) is 5.77. The second-order valence-electron chi connectivity index (χ2n) is 4.53. The van der Waals surface area contributed by atoms with Gasteiger partial charge in [0.2, 0.25) is 5.91 Å². The first-order chi connectivity index (χ1) is 8.66. The number of carbonyl (C=O) groups is 1. The Morgan fingerprint density at radius 2 is 2.28 bits per heavy atom. The summed E-state index contributed by atoms with van der Waals surface area (Å²) in [5.74, 6) is -0.0202. The summed E-state index contributed by atoms with van der Waals surface area (Å²) in [5.41, 5.74) is 0.502. The lowest BCUT2D eigenvalue weighted by atomic mass is 10.3. The number of amides is 1. The van der Waals surface area contributed by atoms with Gasteiger partial charge in [0.25, 0.3) is 0 Å². The fourth-order valence-electron chi connectivity index (χ4n) is 2.02. The van der Waals surface area contributed by atoms with Crippen LogP contribution < -0.4 is 11.0 Å². The smallest absolute Gasteiger partial charge is 0.340 e. The van der Waals surface area contributed by atoms with Crippen LogP contribution in [-0.2, 0) is 11.3 Å². The molecule has 0 bridgehead atoms. The van der Waals surface area contributed by atoms with Gasteiger partial charge in [-0.05, 0) is 25.5 Å². The summed E-state index contributed by atoms with van der Waals surface area (Å²) in [6, 6.07) is 0. The van der Waals surface area contributed by atoms with E-state index < -0.39 is 0 Å². The van der Waals surface area contributed by atoms with Crippen LogP contribution in [0.3, 0.4) is 0 Å². The first-order valence-corrected chi connectivity index (χ1v) is 6.18. The Hall–Kier alpha value is -1.69. The van der Waals surface area contributed by atoms with Crippen molar-refractivity contribution in [1.29, 1.82) is 0 Å². The molecule has 6 heteroatoms. The highest BCUT2D eigenvalue weighted by Crippen LogP contribution is 1.98. The molecule has 0 spiro atoms. The fraction of sp³-hybridized carbons (Fsp3) is 0.583. The highest BCUT2D eigenvalue weighted by Gasteiger charge is 2.16. The fourth-order valence-corrected chi connectivity index (χ4v) is 2.02. The van der Waals surface area contributed by atoms with E-state index in [9.17, 15) is 9.59 Å². The third-order valence-electron chi connectivity index (χ3n) is 2.98. The Kier molecular flexibility index (Phi) is 4.09. The minimum atomic E-state index is -0.373. The van der Waals surface area contributed by atoms with Crippen LogP contribution in [0.15, 0.2) is 17.2 Å². The molecule has 1 aliphatic heterocycles. The molecule has 0 aliphatic carbocycles. The van der Waals surface area contributed by atoms with Crippen molar-refractivity contribution in [1.82, 2.24) is 19.8 Å². The van der Waals surface area contributed by atoms with Gasteiger partial charge < -0.3 is 10.2 Å². The van der Waals surface area contributed by atoms with Gasteiger partial charge in [-0.2, -0.15) is 0 Å². The molecular formula is C12H18N4O2. The highest BCUT2D eigenvalue weighted by atomic mass is 16.2. The minimum absolute atomic E-state index is 0.0202. The summed E-state index contributed by atoms with van der Waals surface area (Å²) < 4.78 is 1.37. The summed E-state index contributed by atoms with van der Waals surface area (Å²) >= 11 is 0. The number of hydrogen-bond donors (Lipinski definition) is 1. The highest BCUT2D eigenvalue weighted by molar-refractivity contribution is 5.76. The van der Waals surface area contributed by atoms with Crippen LogP contribution in [0, 0.1) is 6.92 Å². The SMILES string of the molecule is Cc1cnc(=O)n(CC(=O)N2CCCNCC2)c1. The van der Waals surface area contributed by atoms with Crippen LogP contribution in [0.25, 0.3) is 0 Å². The van der Waals surface area contributed by atoms with Gasteiger partial charge in [0.15, 0.2) is 0 Å². The van der Waals surface area contributed by atoms with E-state index in [4.69, 9.17) is 0 Å². The minimum Gasteiger partial charge on any atom is -0.340 e. The molecule has 98 valence electrons. The molecule has 1 N–H and O–H groups in total. The summed E-state index contributed by atoms with van der Waals surface area (Å²) in [5, 5.41) is 3.24. The van der Waals surface area contributed by atoms with E-state index in [2.05, 4.69) is 10.3 Å². The van der Waals surface area contributed by atoms with E-state index in [-0.39, 0.29) is 18.1 Å². The van der Waals surface area contributed by atoms with Crippen molar-refractivity contribution < 1.29 is 4.79 Å². The maximum Gasteiger partial charge on any atom is 0.347 e. The molecule has 6 nitrogen and oxygen atoms in total. The zero-order valence-electron chi connectivity index (χ0n) is 10.6. The topological polar surface area (TPSA) is 67.2 Å². The van der Waals surface area contributed by atoms with Gasteiger partial charge >= 0.3 is 5.69 Å². The zero-order chi connectivity index (χ0) is 13.0. The third kappa shape index (κ3) is 3.16. The quantitative estimate of drug-likeness (QED) is 0.759. The maximum absolute atomic E-state index is 12.1. The molecule has 2 heterocycles. The molecule has 1 aromatic heterocycles. The van der Waals surface area contributed by atoms with Gasteiger partial charge in [-0.15, -0.1) is 0 Å². The molecule has 18 heavy (non-hydrogen) atoms. The summed E-state index contributed by atoms with van der Waals surface area (Å²) in [7, 11) is 0. The van der Waals surface area contributed by atoms with Gasteiger partial charge in [0.1, 0.15) is 6.54 Å². The first kappa shape index (κ1) is 12.8. The van der Waals surface area contributed by atoms with E-state index in [1.54, 1.807) is 11.1 Å². The molecule has 0 unspecified atom stereocenters. The molecule has 0 atom stereocenters. The number of aromatic nitrogens is 2. The van der Waals surface area contributed by atoms with Gasteiger partial charge in [-0.3, -0.25) is 9.36 Å². The third-order valence-corrected chi connectivity index (χ3v) is 2.98. The molecule has 1 fully saturated rings. The van der Waals surface area contributed by atoms with Gasteiger partial charge in [0, 0.05) is 32.0 Å². The van der Waals surface area contributed by atoms with Gasteiger partial charge in [0.05, 0.1) is 0 Å². The van der Waals surface area contributed by atoms with Crippen LogP contribution in [-0.4, -0.2) is 46.5 Å². The normalized spacial score (nSPS) is 16.4. The van der Waals surface area contributed by atoms with E-state index in [1.807, 2.05) is 6.92 Å². The van der Waals surface area contributed by atoms with Crippen molar-refractivity contribution in [2.75, 3.05) is 26.2 Å². The number of carbonyl (C=O) groups excluding carboxylic acids is 1. The summed E-state index contributed by atoms with van der Waals surface area (Å²) in [4.78, 5) is 29.1. The molecule has 0 aromatic carbocycles. The van der Waals surface area contributed by atoms with E-state index in [0.717, 1.165) is 31.6 Å². The van der Waals surface area contributed by atoms with E-state index >= 15 is 0 Å². The lowest BCUT2D eigenvalue weighted by Crippen LogP contribution is -2.38. The Bertz CT molecular complexity index is 475. The average Bonchev–Trinajstić information content (AvgIpc) is 2.62. The molecule has 1 amide bonds. The van der Waals surface area contributed by atoms with E-state index in [0.29, 0.717) is 6.54 Å². The van der Waals surface area contributed by atoms with Crippen molar-refractivity contribution in [2.45, 2.75) is 19.9 Å². The Morgan fingerprint density at radius 3 is 3.11 bits per heavy atom. The molecule has 1 aliphatic rings. The molecule has 0 radical (unpaired) electrons. The zero-order valence-corrected chi connectivity index (χ0v) is 10.6. The second-order valence-corrected chi connectivity index (χ2v) is 4.53. The van der Waals surface area contributed by atoms with Crippen molar-refractivity contribution in [3.63, 3.8) is 0 Å². The van der Waals surface area contributed by atoms with E-state index in [1.165, 1.54) is 10.8 Å². The molecular weight excluding hydrogens is 232 g/mol. The van der Waals surface area contributed by atoms with Gasteiger partial charge in [-0.25, -0.2) is 9.78 Å². The maximum atomic E-state index is 12.1. The number of aryl methyl sites for hydroxylation is 1. The number of rotatable bonds is 2. The van der Waals surface area contributed by atoms with Crippen LogP contribution >= 0.6 is 0 Å². The Morgan fingerprint density at radius 1 is 1.44 bits per heavy atom. The van der Waals surface area contributed by atoms with Crippen LogP contribution in [0.5, 0.6) is 0 Å². The molecule has 1 aromatic rings. The number of hydrogen-bond acceptors (Lipinski definition) is 4. The molecule has 1 saturated heterocycles. The predicted octanol–water partition coefficient (Wildman–Crippen LogP) is -0.626. The first-order valence-electron chi connectivity index (χ1n) is 6.18. The van der Waals surface area contributed by atoms with Crippen molar-refractivity contribution >= 4 is 5.91 Å². The van der Waals surface area contributed by atoms with Crippen molar-refractivity contribution in [3.05, 3.63) is 28.4 Å². The average molecular weight is 250 g/mol. The molecule has 2 rings (SSSR count). The monoisotopic (exact) mass is 250 g/mol. The summed E-state index contributed by atoms with van der Waals surface area (Å²) in [6.07, 6.45) is 4.13.